The Morgan fingerprint density at radius 1 is 1.25 bits per heavy atom. The van der Waals surface area contributed by atoms with Gasteiger partial charge in [-0.1, -0.05) is 30.7 Å². The molecule has 3 heteroatoms. The zero-order chi connectivity index (χ0) is 14.5. The molecule has 1 N–H and O–H groups in total. The molecule has 0 aliphatic heterocycles. The van der Waals surface area contributed by atoms with Crippen LogP contribution < -0.4 is 5.32 Å². The highest BCUT2D eigenvalue weighted by Crippen LogP contribution is 2.30. The van der Waals surface area contributed by atoms with Crippen LogP contribution in [0.15, 0.2) is 30.3 Å². The molecule has 1 atom stereocenters. The molecule has 108 valence electrons. The van der Waals surface area contributed by atoms with E-state index in [9.17, 15) is 0 Å². The first-order chi connectivity index (χ1) is 9.60. The van der Waals surface area contributed by atoms with Crippen molar-refractivity contribution in [3.05, 3.63) is 56.2 Å². The predicted molar refractivity (Wildman–Crippen MR) is 90.0 cm³/mol. The van der Waals surface area contributed by atoms with Gasteiger partial charge in [-0.25, -0.2) is 0 Å². The van der Waals surface area contributed by atoms with Crippen LogP contribution in [0.25, 0.3) is 0 Å². The van der Waals surface area contributed by atoms with Crippen LogP contribution in [0.4, 0.5) is 0 Å². The van der Waals surface area contributed by atoms with Gasteiger partial charge in [0.25, 0.3) is 0 Å². The number of aryl methyl sites for hydroxylation is 2. The van der Waals surface area contributed by atoms with E-state index >= 15 is 0 Å². The molecule has 0 aliphatic rings. The van der Waals surface area contributed by atoms with E-state index in [0.717, 1.165) is 24.4 Å². The van der Waals surface area contributed by atoms with Crippen molar-refractivity contribution >= 4 is 22.9 Å². The summed E-state index contributed by atoms with van der Waals surface area (Å²) in [5, 5.41) is 4.49. The summed E-state index contributed by atoms with van der Waals surface area (Å²) in [4.78, 5) is 2.84. The fraction of sp³-hybridized carbons (Fsp3) is 0.412. The third-order valence-corrected chi connectivity index (χ3v) is 4.87. The number of thiophene rings is 1. The van der Waals surface area contributed by atoms with Gasteiger partial charge in [-0.2, -0.15) is 0 Å². The maximum Gasteiger partial charge on any atom is 0.0458 e. The Labute approximate surface area is 131 Å². The zero-order valence-corrected chi connectivity index (χ0v) is 13.9. The van der Waals surface area contributed by atoms with Crippen molar-refractivity contribution in [2.45, 2.75) is 39.7 Å². The molecule has 0 saturated heterocycles. The molecular weight excluding hydrogens is 286 g/mol. The number of benzene rings is 1. The molecule has 0 fully saturated rings. The van der Waals surface area contributed by atoms with E-state index in [1.54, 1.807) is 0 Å². The third kappa shape index (κ3) is 4.08. The Morgan fingerprint density at radius 3 is 2.65 bits per heavy atom. The van der Waals surface area contributed by atoms with Crippen LogP contribution in [0.3, 0.4) is 0 Å². The van der Waals surface area contributed by atoms with Crippen LogP contribution in [-0.2, 0) is 6.42 Å². The van der Waals surface area contributed by atoms with Gasteiger partial charge in [-0.05, 0) is 62.6 Å². The first-order valence-corrected chi connectivity index (χ1v) is 8.34. The van der Waals surface area contributed by atoms with E-state index in [0.29, 0.717) is 6.04 Å². The van der Waals surface area contributed by atoms with Crippen molar-refractivity contribution in [2.75, 3.05) is 6.54 Å². The van der Waals surface area contributed by atoms with Crippen LogP contribution in [0.5, 0.6) is 0 Å². The lowest BCUT2D eigenvalue weighted by atomic mass is 10.0. The Morgan fingerprint density at radius 2 is 2.05 bits per heavy atom. The minimum atomic E-state index is 0.382. The second-order valence-electron chi connectivity index (χ2n) is 5.25. The summed E-state index contributed by atoms with van der Waals surface area (Å²) in [5.74, 6) is 0. The zero-order valence-electron chi connectivity index (χ0n) is 12.4. The highest BCUT2D eigenvalue weighted by Gasteiger charge is 2.16. The molecule has 0 spiro atoms. The Kier molecular flexibility index (Phi) is 5.64. The molecule has 2 rings (SSSR count). The summed E-state index contributed by atoms with van der Waals surface area (Å²) < 4.78 is 0. The maximum absolute atomic E-state index is 6.10. The highest BCUT2D eigenvalue weighted by atomic mass is 35.5. The van der Waals surface area contributed by atoms with E-state index in [1.807, 2.05) is 23.5 Å². The second kappa shape index (κ2) is 7.26. The lowest BCUT2D eigenvalue weighted by Crippen LogP contribution is -2.23. The smallest absolute Gasteiger partial charge is 0.0458 e. The molecule has 0 radical (unpaired) electrons. The van der Waals surface area contributed by atoms with Crippen molar-refractivity contribution < 1.29 is 0 Å². The lowest BCUT2D eigenvalue weighted by Gasteiger charge is -2.18. The summed E-state index contributed by atoms with van der Waals surface area (Å²) in [6.07, 6.45) is 2.14. The molecule has 1 unspecified atom stereocenters. The Hall–Kier alpha value is -0.830. The molecular formula is C17H22ClNS. The SMILES string of the molecule is CCCNC(Cc1cccc(Cl)c1)c1sc(C)cc1C. The summed E-state index contributed by atoms with van der Waals surface area (Å²) >= 11 is 8.00. The molecule has 1 heterocycles. The van der Waals surface area contributed by atoms with Crippen molar-refractivity contribution in [3.63, 3.8) is 0 Å². The van der Waals surface area contributed by atoms with Gasteiger partial charge in [0.1, 0.15) is 0 Å². The topological polar surface area (TPSA) is 12.0 Å². The van der Waals surface area contributed by atoms with Gasteiger partial charge in [-0.3, -0.25) is 0 Å². The van der Waals surface area contributed by atoms with E-state index in [2.05, 4.69) is 44.3 Å². The summed E-state index contributed by atoms with van der Waals surface area (Å²) in [7, 11) is 0. The van der Waals surface area contributed by atoms with Crippen molar-refractivity contribution in [2.24, 2.45) is 0 Å². The fourth-order valence-corrected chi connectivity index (χ4v) is 3.81. The maximum atomic E-state index is 6.10. The molecule has 0 bridgehead atoms. The van der Waals surface area contributed by atoms with E-state index in [4.69, 9.17) is 11.6 Å². The summed E-state index contributed by atoms with van der Waals surface area (Å²) in [6.45, 7) is 7.63. The van der Waals surface area contributed by atoms with Crippen LogP contribution in [0.2, 0.25) is 5.02 Å². The average molecular weight is 308 g/mol. The minimum Gasteiger partial charge on any atom is -0.309 e. The minimum absolute atomic E-state index is 0.382. The van der Waals surface area contributed by atoms with Crippen molar-refractivity contribution in [1.82, 2.24) is 5.32 Å². The monoisotopic (exact) mass is 307 g/mol. The molecule has 1 nitrogen and oxygen atoms in total. The number of rotatable bonds is 6. The normalized spacial score (nSPS) is 12.6. The van der Waals surface area contributed by atoms with Gasteiger partial charge >= 0.3 is 0 Å². The molecule has 0 saturated carbocycles. The molecule has 0 amide bonds. The van der Waals surface area contributed by atoms with Crippen LogP contribution in [0.1, 0.15) is 40.3 Å². The molecule has 2 aromatic rings. The summed E-state index contributed by atoms with van der Waals surface area (Å²) in [5.41, 5.74) is 2.68. The fourth-order valence-electron chi connectivity index (χ4n) is 2.48. The van der Waals surface area contributed by atoms with Gasteiger partial charge in [0.2, 0.25) is 0 Å². The van der Waals surface area contributed by atoms with Crippen molar-refractivity contribution in [1.29, 1.82) is 0 Å². The molecule has 1 aromatic heterocycles. The van der Waals surface area contributed by atoms with Crippen molar-refractivity contribution in [3.8, 4) is 0 Å². The van der Waals surface area contributed by atoms with Gasteiger partial charge in [-0.15, -0.1) is 11.3 Å². The number of hydrogen-bond donors (Lipinski definition) is 1. The van der Waals surface area contributed by atoms with Gasteiger partial charge in [0.05, 0.1) is 0 Å². The first-order valence-electron chi connectivity index (χ1n) is 7.15. The molecule has 0 aliphatic carbocycles. The van der Waals surface area contributed by atoms with Gasteiger partial charge in [0.15, 0.2) is 0 Å². The first kappa shape index (κ1) is 15.6. The Bertz CT molecular complexity index is 562. The highest BCUT2D eigenvalue weighted by molar-refractivity contribution is 7.12. The second-order valence-corrected chi connectivity index (χ2v) is 6.97. The number of halogens is 1. The standard InChI is InChI=1S/C17H22ClNS/c1-4-8-19-16(17-12(2)9-13(3)20-17)11-14-6-5-7-15(18)10-14/h5-7,9-10,16,19H,4,8,11H2,1-3H3. The largest absolute Gasteiger partial charge is 0.309 e. The number of hydrogen-bond acceptors (Lipinski definition) is 2. The molecule has 1 aromatic carbocycles. The average Bonchev–Trinajstić information content (AvgIpc) is 2.73. The van der Waals surface area contributed by atoms with Crippen LogP contribution in [0, 0.1) is 13.8 Å². The van der Waals surface area contributed by atoms with Gasteiger partial charge in [0, 0.05) is 20.8 Å². The van der Waals surface area contributed by atoms with E-state index in [1.165, 1.54) is 20.9 Å². The van der Waals surface area contributed by atoms with Gasteiger partial charge < -0.3 is 5.32 Å². The third-order valence-electron chi connectivity index (χ3n) is 3.37. The van der Waals surface area contributed by atoms with Crippen LogP contribution >= 0.6 is 22.9 Å². The van der Waals surface area contributed by atoms with Crippen LogP contribution in [-0.4, -0.2) is 6.54 Å². The quantitative estimate of drug-likeness (QED) is 0.763. The molecule has 20 heavy (non-hydrogen) atoms. The Balaban J connectivity index is 2.21. The number of nitrogens with one attached hydrogen (secondary N) is 1. The van der Waals surface area contributed by atoms with E-state index < -0.39 is 0 Å². The summed E-state index contributed by atoms with van der Waals surface area (Å²) in [6, 6.07) is 10.8. The predicted octanol–water partition coefficient (Wildman–Crippen LogP) is 5.30. The van der Waals surface area contributed by atoms with E-state index in [-0.39, 0.29) is 0 Å². The lowest BCUT2D eigenvalue weighted by molar-refractivity contribution is 0.535.